The SMILES string of the molecule is C=C/C(=C/CC)C(CCC)(CCCC(CC)CC)C(=O)CCC(F)(F)C(C)(F)CC. The van der Waals surface area contributed by atoms with Crippen LogP contribution in [0.25, 0.3) is 0 Å². The number of carbonyl (C=O) groups is 1. The number of hydrogen-bond donors (Lipinski definition) is 0. The highest BCUT2D eigenvalue weighted by molar-refractivity contribution is 5.88. The number of Topliss-reactive ketones (excluding diaryl/α,β-unsaturated/α-hetero) is 1. The first kappa shape index (κ1) is 28.9. The minimum atomic E-state index is -3.52. The molecular formula is C26H45F3O. The average molecular weight is 431 g/mol. The molecule has 0 aliphatic rings. The number of allylic oxidation sites excluding steroid dienone is 3. The van der Waals surface area contributed by atoms with Crippen molar-refractivity contribution in [3.63, 3.8) is 0 Å². The Morgan fingerprint density at radius 2 is 1.60 bits per heavy atom. The Balaban J connectivity index is 5.80. The minimum absolute atomic E-state index is 0.194. The lowest BCUT2D eigenvalue weighted by Crippen LogP contribution is -2.42. The summed E-state index contributed by atoms with van der Waals surface area (Å²) in [5, 5.41) is 0. The quantitative estimate of drug-likeness (QED) is 0.210. The van der Waals surface area contributed by atoms with Gasteiger partial charge in [0, 0.05) is 12.8 Å². The lowest BCUT2D eigenvalue weighted by atomic mass is 9.67. The third-order valence-corrected chi connectivity index (χ3v) is 6.87. The molecule has 0 bridgehead atoms. The molecule has 1 nitrogen and oxygen atoms in total. The zero-order valence-corrected chi connectivity index (χ0v) is 20.3. The van der Waals surface area contributed by atoms with Gasteiger partial charge in [-0.25, -0.2) is 13.2 Å². The van der Waals surface area contributed by atoms with Gasteiger partial charge in [-0.3, -0.25) is 4.79 Å². The molecule has 2 atom stereocenters. The predicted octanol–water partition coefficient (Wildman–Crippen LogP) is 9.02. The molecule has 0 fully saturated rings. The Kier molecular flexibility index (Phi) is 12.9. The second-order valence-electron chi connectivity index (χ2n) is 8.86. The van der Waals surface area contributed by atoms with Crippen molar-refractivity contribution >= 4 is 5.78 Å². The summed E-state index contributed by atoms with van der Waals surface area (Å²) < 4.78 is 43.2. The molecule has 0 aliphatic heterocycles. The van der Waals surface area contributed by atoms with Gasteiger partial charge in [-0.1, -0.05) is 85.5 Å². The van der Waals surface area contributed by atoms with Gasteiger partial charge >= 0.3 is 0 Å². The molecular weight excluding hydrogens is 385 g/mol. The molecule has 0 aliphatic carbocycles. The molecule has 0 saturated carbocycles. The second-order valence-corrected chi connectivity index (χ2v) is 8.86. The largest absolute Gasteiger partial charge is 0.299 e. The molecule has 0 radical (unpaired) electrons. The molecule has 0 N–H and O–H groups in total. The van der Waals surface area contributed by atoms with Crippen molar-refractivity contribution in [1.29, 1.82) is 0 Å². The fourth-order valence-electron chi connectivity index (χ4n) is 4.39. The Morgan fingerprint density at radius 1 is 1.00 bits per heavy atom. The molecule has 4 heteroatoms. The topological polar surface area (TPSA) is 17.1 Å². The number of hydrogen-bond acceptors (Lipinski definition) is 1. The molecule has 30 heavy (non-hydrogen) atoms. The van der Waals surface area contributed by atoms with Crippen molar-refractivity contribution in [3.8, 4) is 0 Å². The predicted molar refractivity (Wildman–Crippen MR) is 123 cm³/mol. The van der Waals surface area contributed by atoms with E-state index in [4.69, 9.17) is 0 Å². The molecule has 176 valence electrons. The van der Waals surface area contributed by atoms with E-state index in [0.717, 1.165) is 51.0 Å². The lowest BCUT2D eigenvalue weighted by molar-refractivity contribution is -0.145. The van der Waals surface area contributed by atoms with Crippen LogP contribution >= 0.6 is 0 Å². The van der Waals surface area contributed by atoms with Crippen LogP contribution in [0.1, 0.15) is 112 Å². The van der Waals surface area contributed by atoms with Gasteiger partial charge in [-0.05, 0) is 44.1 Å². The maximum Gasteiger partial charge on any atom is 0.281 e. The van der Waals surface area contributed by atoms with E-state index in [-0.39, 0.29) is 18.6 Å². The lowest BCUT2D eigenvalue weighted by Gasteiger charge is -2.36. The molecule has 0 aromatic rings. The first-order chi connectivity index (χ1) is 14.0. The third-order valence-electron chi connectivity index (χ3n) is 6.87. The van der Waals surface area contributed by atoms with E-state index in [9.17, 15) is 18.0 Å². The zero-order chi connectivity index (χ0) is 23.4. The van der Waals surface area contributed by atoms with E-state index in [0.29, 0.717) is 18.8 Å². The summed E-state index contributed by atoms with van der Waals surface area (Å²) in [6.07, 6.45) is 9.25. The standard InChI is InChI=1S/C26H45F3O/c1-8-15-22(12-5)25(18-9-2,19-14-16-21(10-3)11-4)23(30)17-20-26(28,29)24(7,27)13-6/h12,15,21H,5,8-11,13-14,16-20H2,1-4,6-7H3/b22-15-. The Labute approximate surface area is 183 Å². The van der Waals surface area contributed by atoms with Gasteiger partial charge in [0.15, 0.2) is 5.67 Å². The second kappa shape index (κ2) is 13.4. The summed E-state index contributed by atoms with van der Waals surface area (Å²) in [4.78, 5) is 13.5. The van der Waals surface area contributed by atoms with Gasteiger partial charge in [-0.2, -0.15) is 0 Å². The number of rotatable bonds is 17. The van der Waals surface area contributed by atoms with E-state index in [1.54, 1.807) is 6.08 Å². The fourth-order valence-corrected chi connectivity index (χ4v) is 4.39. The Bertz CT molecular complexity index is 546. The van der Waals surface area contributed by atoms with E-state index in [2.05, 4.69) is 20.4 Å². The summed E-state index contributed by atoms with van der Waals surface area (Å²) in [6.45, 7) is 14.6. The van der Waals surface area contributed by atoms with Crippen molar-refractivity contribution in [1.82, 2.24) is 0 Å². The third kappa shape index (κ3) is 7.57. The molecule has 0 aromatic heterocycles. The fraction of sp³-hybridized carbons (Fsp3) is 0.808. The summed E-state index contributed by atoms with van der Waals surface area (Å²) in [5.41, 5.74) is -2.55. The van der Waals surface area contributed by atoms with E-state index in [1.165, 1.54) is 6.92 Å². The summed E-state index contributed by atoms with van der Waals surface area (Å²) >= 11 is 0. The van der Waals surface area contributed by atoms with Crippen LogP contribution in [0.3, 0.4) is 0 Å². The van der Waals surface area contributed by atoms with Crippen molar-refractivity contribution in [3.05, 3.63) is 24.3 Å². The van der Waals surface area contributed by atoms with Gasteiger partial charge in [-0.15, -0.1) is 0 Å². The molecule has 0 spiro atoms. The van der Waals surface area contributed by atoms with Gasteiger partial charge in [0.2, 0.25) is 0 Å². The molecule has 0 saturated heterocycles. The number of halogens is 3. The van der Waals surface area contributed by atoms with Crippen molar-refractivity contribution in [2.75, 3.05) is 0 Å². The zero-order valence-electron chi connectivity index (χ0n) is 20.3. The summed E-state index contributed by atoms with van der Waals surface area (Å²) in [7, 11) is 0. The van der Waals surface area contributed by atoms with Crippen LogP contribution in [0.15, 0.2) is 24.3 Å². The van der Waals surface area contributed by atoms with Crippen LogP contribution in [0.2, 0.25) is 0 Å². The molecule has 0 aromatic carbocycles. The molecule has 2 unspecified atom stereocenters. The van der Waals surface area contributed by atoms with Crippen molar-refractivity contribution in [2.24, 2.45) is 11.3 Å². The van der Waals surface area contributed by atoms with E-state index >= 15 is 0 Å². The van der Waals surface area contributed by atoms with Crippen molar-refractivity contribution in [2.45, 2.75) is 124 Å². The highest BCUT2D eigenvalue weighted by Gasteiger charge is 2.50. The summed E-state index contributed by atoms with van der Waals surface area (Å²) in [5.74, 6) is -3.10. The summed E-state index contributed by atoms with van der Waals surface area (Å²) in [6, 6.07) is 0. The number of ketones is 1. The van der Waals surface area contributed by atoms with Crippen LogP contribution in [0.4, 0.5) is 13.2 Å². The van der Waals surface area contributed by atoms with Crippen LogP contribution < -0.4 is 0 Å². The van der Waals surface area contributed by atoms with E-state index in [1.807, 2.05) is 19.9 Å². The maximum atomic E-state index is 14.5. The number of carbonyl (C=O) groups excluding carboxylic acids is 1. The molecule has 0 heterocycles. The Morgan fingerprint density at radius 3 is 2.03 bits per heavy atom. The highest BCUT2D eigenvalue weighted by Crippen LogP contribution is 2.44. The van der Waals surface area contributed by atoms with Crippen LogP contribution in [-0.2, 0) is 4.79 Å². The molecule has 0 amide bonds. The average Bonchev–Trinajstić information content (AvgIpc) is 2.72. The molecule has 0 rings (SSSR count). The van der Waals surface area contributed by atoms with E-state index < -0.39 is 23.4 Å². The normalized spacial score (nSPS) is 16.9. The van der Waals surface area contributed by atoms with Gasteiger partial charge in [0.05, 0.1) is 5.41 Å². The smallest absolute Gasteiger partial charge is 0.281 e. The highest BCUT2D eigenvalue weighted by atomic mass is 19.3. The maximum absolute atomic E-state index is 14.5. The van der Waals surface area contributed by atoms with Crippen LogP contribution in [0.5, 0.6) is 0 Å². The van der Waals surface area contributed by atoms with Crippen molar-refractivity contribution < 1.29 is 18.0 Å². The first-order valence-corrected chi connectivity index (χ1v) is 11.9. The number of alkyl halides is 3. The van der Waals surface area contributed by atoms with Gasteiger partial charge in [0.1, 0.15) is 5.78 Å². The Hall–Kier alpha value is -1.06. The van der Waals surface area contributed by atoms with Crippen LogP contribution in [-0.4, -0.2) is 17.4 Å². The van der Waals surface area contributed by atoms with Gasteiger partial charge < -0.3 is 0 Å². The first-order valence-electron chi connectivity index (χ1n) is 11.9. The van der Waals surface area contributed by atoms with Gasteiger partial charge in [0.25, 0.3) is 5.92 Å². The monoisotopic (exact) mass is 430 g/mol. The minimum Gasteiger partial charge on any atom is -0.299 e. The van der Waals surface area contributed by atoms with Crippen LogP contribution in [0, 0.1) is 11.3 Å².